The van der Waals surface area contributed by atoms with Crippen LogP contribution in [0.15, 0.2) is 30.7 Å². The first-order chi connectivity index (χ1) is 8.18. The van der Waals surface area contributed by atoms with E-state index in [4.69, 9.17) is 0 Å². The maximum Gasteiger partial charge on any atom is 0.310 e. The molecule has 0 fully saturated rings. The van der Waals surface area contributed by atoms with Crippen LogP contribution in [0.4, 0.5) is 11.4 Å². The van der Waals surface area contributed by atoms with Crippen molar-refractivity contribution < 1.29 is 4.92 Å². The fraction of sp³-hybridized carbons (Fsp3) is 0.200. The predicted octanol–water partition coefficient (Wildman–Crippen LogP) is 1.34. The number of hydrogen-bond donors (Lipinski definition) is 1. The van der Waals surface area contributed by atoms with Gasteiger partial charge in [-0.1, -0.05) is 0 Å². The minimum Gasteiger partial charge on any atom is -0.374 e. The summed E-state index contributed by atoms with van der Waals surface area (Å²) < 4.78 is 1.71. The van der Waals surface area contributed by atoms with Crippen molar-refractivity contribution in [1.29, 1.82) is 0 Å². The van der Waals surface area contributed by atoms with Crippen molar-refractivity contribution in [2.45, 2.75) is 6.54 Å². The van der Waals surface area contributed by atoms with Gasteiger partial charge in [-0.25, -0.2) is 0 Å². The van der Waals surface area contributed by atoms with E-state index in [0.29, 0.717) is 12.2 Å². The molecule has 7 nitrogen and oxygen atoms in total. The Balaban J connectivity index is 2.14. The molecule has 0 aliphatic rings. The van der Waals surface area contributed by atoms with Crippen molar-refractivity contribution in [2.24, 2.45) is 7.05 Å². The molecule has 2 heterocycles. The highest BCUT2D eigenvalue weighted by Gasteiger charge is 2.12. The van der Waals surface area contributed by atoms with Gasteiger partial charge in [0.2, 0.25) is 0 Å². The Morgan fingerprint density at radius 1 is 1.47 bits per heavy atom. The van der Waals surface area contributed by atoms with Gasteiger partial charge in [0.1, 0.15) is 11.9 Å². The van der Waals surface area contributed by atoms with Gasteiger partial charge in [0.25, 0.3) is 0 Å². The molecule has 17 heavy (non-hydrogen) atoms. The van der Waals surface area contributed by atoms with Crippen LogP contribution in [0, 0.1) is 10.1 Å². The maximum atomic E-state index is 10.8. The predicted molar refractivity (Wildman–Crippen MR) is 61.4 cm³/mol. The molecule has 2 aromatic heterocycles. The first-order valence-corrected chi connectivity index (χ1v) is 4.97. The van der Waals surface area contributed by atoms with Crippen molar-refractivity contribution in [3.63, 3.8) is 0 Å². The molecular weight excluding hydrogens is 222 g/mol. The van der Waals surface area contributed by atoms with Crippen LogP contribution < -0.4 is 5.32 Å². The third-order valence-electron chi connectivity index (χ3n) is 2.38. The summed E-state index contributed by atoms with van der Waals surface area (Å²) in [7, 11) is 1.82. The van der Waals surface area contributed by atoms with Crippen molar-refractivity contribution in [1.82, 2.24) is 14.8 Å². The van der Waals surface area contributed by atoms with Crippen LogP contribution in [0.2, 0.25) is 0 Å². The molecule has 0 unspecified atom stereocenters. The Morgan fingerprint density at radius 2 is 2.29 bits per heavy atom. The van der Waals surface area contributed by atoms with Crippen LogP contribution in [-0.4, -0.2) is 19.7 Å². The average molecular weight is 233 g/mol. The Labute approximate surface area is 97.2 Å². The van der Waals surface area contributed by atoms with Crippen LogP contribution in [-0.2, 0) is 13.6 Å². The van der Waals surface area contributed by atoms with Gasteiger partial charge in [-0.2, -0.15) is 5.10 Å². The van der Waals surface area contributed by atoms with Gasteiger partial charge in [-0.05, 0) is 12.1 Å². The number of anilines is 1. The lowest BCUT2D eigenvalue weighted by Gasteiger charge is -2.06. The van der Waals surface area contributed by atoms with Gasteiger partial charge in [0, 0.05) is 19.4 Å². The fourth-order valence-corrected chi connectivity index (χ4v) is 1.44. The molecule has 1 N–H and O–H groups in total. The smallest absolute Gasteiger partial charge is 0.310 e. The Bertz CT molecular complexity index is 537. The van der Waals surface area contributed by atoms with Crippen molar-refractivity contribution in [3.8, 4) is 0 Å². The summed E-state index contributed by atoms with van der Waals surface area (Å²) in [5, 5.41) is 17.8. The molecule has 0 atom stereocenters. The van der Waals surface area contributed by atoms with Crippen LogP contribution in [0.1, 0.15) is 5.69 Å². The first kappa shape index (κ1) is 11.1. The second-order valence-electron chi connectivity index (χ2n) is 3.45. The largest absolute Gasteiger partial charge is 0.374 e. The maximum absolute atomic E-state index is 10.8. The molecule has 2 rings (SSSR count). The number of aryl methyl sites for hydroxylation is 1. The average Bonchev–Trinajstić information content (AvgIpc) is 2.72. The molecular formula is C10H11N5O2. The second kappa shape index (κ2) is 4.60. The van der Waals surface area contributed by atoms with E-state index in [-0.39, 0.29) is 5.69 Å². The number of pyridine rings is 1. The van der Waals surface area contributed by atoms with E-state index in [2.05, 4.69) is 15.4 Å². The number of aromatic nitrogens is 3. The third kappa shape index (κ3) is 2.39. The number of rotatable bonds is 4. The SMILES string of the molecule is Cn1nccc1CNc1ccncc1[N+](=O)[O-]. The topological polar surface area (TPSA) is 85.9 Å². The molecule has 88 valence electrons. The van der Waals surface area contributed by atoms with E-state index in [1.54, 1.807) is 16.9 Å². The molecule has 0 saturated heterocycles. The highest BCUT2D eigenvalue weighted by atomic mass is 16.6. The Kier molecular flexibility index (Phi) is 2.99. The molecule has 0 amide bonds. The zero-order chi connectivity index (χ0) is 12.3. The van der Waals surface area contributed by atoms with E-state index >= 15 is 0 Å². The minimum absolute atomic E-state index is 0.0327. The molecule has 0 aliphatic carbocycles. The molecule has 0 spiro atoms. The molecule has 0 bridgehead atoms. The van der Waals surface area contributed by atoms with E-state index in [1.807, 2.05) is 13.1 Å². The summed E-state index contributed by atoms with van der Waals surface area (Å²) in [5.74, 6) is 0. The van der Waals surface area contributed by atoms with Crippen molar-refractivity contribution in [3.05, 3.63) is 46.5 Å². The van der Waals surface area contributed by atoms with Gasteiger partial charge in [0.15, 0.2) is 0 Å². The molecule has 7 heteroatoms. The summed E-state index contributed by atoms with van der Waals surface area (Å²) in [6, 6.07) is 3.43. The van der Waals surface area contributed by atoms with E-state index in [0.717, 1.165) is 5.69 Å². The number of nitro groups is 1. The minimum atomic E-state index is -0.460. The van der Waals surface area contributed by atoms with Crippen LogP contribution in [0.5, 0.6) is 0 Å². The fourth-order valence-electron chi connectivity index (χ4n) is 1.44. The highest BCUT2D eigenvalue weighted by Crippen LogP contribution is 2.22. The van der Waals surface area contributed by atoms with E-state index in [1.165, 1.54) is 12.4 Å². The first-order valence-electron chi connectivity index (χ1n) is 4.97. The van der Waals surface area contributed by atoms with Crippen molar-refractivity contribution in [2.75, 3.05) is 5.32 Å². The molecule has 0 saturated carbocycles. The van der Waals surface area contributed by atoms with Crippen LogP contribution in [0.25, 0.3) is 0 Å². The molecule has 0 radical (unpaired) electrons. The quantitative estimate of drug-likeness (QED) is 0.636. The van der Waals surface area contributed by atoms with Gasteiger partial charge in [0.05, 0.1) is 17.2 Å². The van der Waals surface area contributed by atoms with Crippen LogP contribution >= 0.6 is 0 Å². The Morgan fingerprint density at radius 3 is 2.94 bits per heavy atom. The summed E-state index contributed by atoms with van der Waals surface area (Å²) in [6.07, 6.45) is 4.42. The number of hydrogen-bond acceptors (Lipinski definition) is 5. The lowest BCUT2D eigenvalue weighted by molar-refractivity contribution is -0.384. The molecule has 0 aromatic carbocycles. The normalized spacial score (nSPS) is 10.2. The van der Waals surface area contributed by atoms with Crippen LogP contribution in [0.3, 0.4) is 0 Å². The summed E-state index contributed by atoms with van der Waals surface area (Å²) in [4.78, 5) is 14.0. The zero-order valence-electron chi connectivity index (χ0n) is 9.20. The lowest BCUT2D eigenvalue weighted by Crippen LogP contribution is -2.07. The lowest BCUT2D eigenvalue weighted by atomic mass is 10.3. The molecule has 2 aromatic rings. The van der Waals surface area contributed by atoms with Crippen molar-refractivity contribution >= 4 is 11.4 Å². The van der Waals surface area contributed by atoms with Gasteiger partial charge >= 0.3 is 5.69 Å². The Hall–Kier alpha value is -2.44. The summed E-state index contributed by atoms with van der Waals surface area (Å²) in [5.41, 5.74) is 1.36. The van der Waals surface area contributed by atoms with E-state index in [9.17, 15) is 10.1 Å². The zero-order valence-corrected chi connectivity index (χ0v) is 9.20. The van der Waals surface area contributed by atoms with E-state index < -0.39 is 4.92 Å². The monoisotopic (exact) mass is 233 g/mol. The van der Waals surface area contributed by atoms with Gasteiger partial charge < -0.3 is 5.32 Å². The molecule has 0 aliphatic heterocycles. The highest BCUT2D eigenvalue weighted by molar-refractivity contribution is 5.59. The number of nitrogens with zero attached hydrogens (tertiary/aromatic N) is 4. The standard InChI is InChI=1S/C10H11N5O2/c1-14-8(2-5-13-14)6-12-9-3-4-11-7-10(9)15(16)17/h2-5,7H,6H2,1H3,(H,11,12). The summed E-state index contributed by atoms with van der Waals surface area (Å²) in [6.45, 7) is 0.474. The second-order valence-corrected chi connectivity index (χ2v) is 3.45. The van der Waals surface area contributed by atoms with Gasteiger partial charge in [-0.3, -0.25) is 19.8 Å². The van der Waals surface area contributed by atoms with Gasteiger partial charge in [-0.15, -0.1) is 0 Å². The summed E-state index contributed by atoms with van der Waals surface area (Å²) >= 11 is 0. The third-order valence-corrected chi connectivity index (χ3v) is 2.38. The number of nitrogens with one attached hydrogen (secondary N) is 1.